The summed E-state index contributed by atoms with van der Waals surface area (Å²) in [5, 5.41) is 7.64. The van der Waals surface area contributed by atoms with Crippen LogP contribution in [0.25, 0.3) is 0 Å². The lowest BCUT2D eigenvalue weighted by atomic mass is 9.87. The van der Waals surface area contributed by atoms with Gasteiger partial charge < -0.3 is 10.2 Å². The van der Waals surface area contributed by atoms with Crippen molar-refractivity contribution < 1.29 is 9.59 Å². The Balaban J connectivity index is 1.33. The van der Waals surface area contributed by atoms with Gasteiger partial charge in [-0.3, -0.25) is 14.3 Å². The molecule has 1 aliphatic carbocycles. The van der Waals surface area contributed by atoms with Gasteiger partial charge in [0.15, 0.2) is 5.69 Å². The number of carbonyl (C=O) groups excluding carboxylic acids is 2. The van der Waals surface area contributed by atoms with Crippen molar-refractivity contribution in [1.29, 1.82) is 0 Å². The van der Waals surface area contributed by atoms with Crippen LogP contribution in [0.3, 0.4) is 0 Å². The lowest BCUT2D eigenvalue weighted by molar-refractivity contribution is 0.0745. The lowest BCUT2D eigenvalue weighted by Gasteiger charge is -2.26. The molecule has 0 saturated heterocycles. The molecule has 0 spiro atoms. The summed E-state index contributed by atoms with van der Waals surface area (Å²) in [5.41, 5.74) is 5.59. The molecule has 164 valence electrons. The number of fused-ring (bicyclic) bond motifs is 2. The van der Waals surface area contributed by atoms with Gasteiger partial charge >= 0.3 is 0 Å². The van der Waals surface area contributed by atoms with E-state index < -0.39 is 0 Å². The van der Waals surface area contributed by atoms with Crippen LogP contribution in [0.15, 0.2) is 54.6 Å². The number of rotatable bonds is 4. The Bertz CT molecular complexity index is 1150. The molecule has 6 heteroatoms. The highest BCUT2D eigenvalue weighted by Crippen LogP contribution is 2.29. The molecule has 1 aromatic heterocycles. The number of aryl methyl sites for hydroxylation is 3. The Morgan fingerprint density at radius 3 is 2.75 bits per heavy atom. The van der Waals surface area contributed by atoms with Crippen molar-refractivity contribution in [1.82, 2.24) is 20.0 Å². The Hall–Kier alpha value is -3.41. The van der Waals surface area contributed by atoms with Crippen LogP contribution >= 0.6 is 0 Å². The van der Waals surface area contributed by atoms with E-state index in [0.29, 0.717) is 31.0 Å². The van der Waals surface area contributed by atoms with Crippen LogP contribution in [0.1, 0.15) is 68.5 Å². The van der Waals surface area contributed by atoms with Crippen molar-refractivity contribution in [2.45, 2.75) is 51.7 Å². The van der Waals surface area contributed by atoms with Crippen LogP contribution in [-0.4, -0.2) is 33.0 Å². The third-order valence-electron chi connectivity index (χ3n) is 6.49. The number of nitrogens with one attached hydrogen (secondary N) is 1. The number of hydrogen-bond acceptors (Lipinski definition) is 3. The van der Waals surface area contributed by atoms with E-state index in [1.165, 1.54) is 16.7 Å². The van der Waals surface area contributed by atoms with Gasteiger partial charge in [0, 0.05) is 25.7 Å². The molecular formula is C26H28N4O2. The second kappa shape index (κ2) is 8.61. The summed E-state index contributed by atoms with van der Waals surface area (Å²) in [6, 6.07) is 18.2. The molecule has 3 aromatic rings. The van der Waals surface area contributed by atoms with E-state index in [9.17, 15) is 9.59 Å². The van der Waals surface area contributed by atoms with Gasteiger partial charge in [0.2, 0.25) is 0 Å². The Kier molecular flexibility index (Phi) is 5.52. The van der Waals surface area contributed by atoms with Crippen LogP contribution in [0, 0.1) is 6.92 Å². The minimum Gasteiger partial charge on any atom is -0.344 e. The van der Waals surface area contributed by atoms with E-state index in [1.807, 2.05) is 17.0 Å². The smallest absolute Gasteiger partial charge is 0.272 e. The molecule has 2 heterocycles. The summed E-state index contributed by atoms with van der Waals surface area (Å²) < 4.78 is 1.70. The number of amides is 2. The molecule has 1 aliphatic heterocycles. The van der Waals surface area contributed by atoms with E-state index in [0.717, 1.165) is 31.2 Å². The highest BCUT2D eigenvalue weighted by atomic mass is 16.2. The fourth-order valence-corrected chi connectivity index (χ4v) is 4.75. The zero-order valence-electron chi connectivity index (χ0n) is 18.4. The summed E-state index contributed by atoms with van der Waals surface area (Å²) in [7, 11) is 0. The normalized spacial score (nSPS) is 18.0. The minimum absolute atomic E-state index is 0.0114. The van der Waals surface area contributed by atoms with Crippen molar-refractivity contribution in [3.63, 3.8) is 0 Å². The summed E-state index contributed by atoms with van der Waals surface area (Å²) in [6.07, 6.45) is 3.82. The van der Waals surface area contributed by atoms with Crippen molar-refractivity contribution in [3.8, 4) is 0 Å². The number of carbonyl (C=O) groups is 2. The first-order valence-corrected chi connectivity index (χ1v) is 11.4. The summed E-state index contributed by atoms with van der Waals surface area (Å²) in [5.74, 6) is -0.289. The molecule has 2 amide bonds. The molecule has 0 bridgehead atoms. The van der Waals surface area contributed by atoms with Gasteiger partial charge in [-0.1, -0.05) is 54.1 Å². The first-order valence-electron chi connectivity index (χ1n) is 11.4. The van der Waals surface area contributed by atoms with Gasteiger partial charge in [0.25, 0.3) is 11.8 Å². The minimum atomic E-state index is -0.217. The highest BCUT2D eigenvalue weighted by molar-refractivity contribution is 5.98. The van der Waals surface area contributed by atoms with E-state index in [-0.39, 0.29) is 17.9 Å². The SMILES string of the molecule is Cc1ccc(CN2CCCn3nc(C(=O)N[C@H]4CCCc5ccccc54)cc3C2=O)cc1. The first kappa shape index (κ1) is 20.5. The van der Waals surface area contributed by atoms with Crippen LogP contribution in [-0.2, 0) is 19.5 Å². The molecule has 2 aliphatic rings. The molecule has 0 saturated carbocycles. The molecule has 1 N–H and O–H groups in total. The van der Waals surface area contributed by atoms with Crippen molar-refractivity contribution in [2.24, 2.45) is 0 Å². The summed E-state index contributed by atoms with van der Waals surface area (Å²) in [6.45, 7) is 3.92. The second-order valence-corrected chi connectivity index (χ2v) is 8.82. The zero-order chi connectivity index (χ0) is 22.1. The predicted octanol–water partition coefficient (Wildman–Crippen LogP) is 4.05. The molecule has 1 atom stereocenters. The molecule has 0 unspecified atom stereocenters. The molecule has 2 aromatic carbocycles. The van der Waals surface area contributed by atoms with Gasteiger partial charge in [0.1, 0.15) is 5.69 Å². The van der Waals surface area contributed by atoms with Crippen molar-refractivity contribution >= 4 is 11.8 Å². The van der Waals surface area contributed by atoms with Gasteiger partial charge in [-0.15, -0.1) is 0 Å². The molecule has 6 nitrogen and oxygen atoms in total. The van der Waals surface area contributed by atoms with Crippen LogP contribution < -0.4 is 5.32 Å². The third kappa shape index (κ3) is 4.05. The number of aromatic nitrogens is 2. The molecule has 5 rings (SSSR count). The Labute approximate surface area is 188 Å². The number of nitrogens with zero attached hydrogens (tertiary/aromatic N) is 3. The average molecular weight is 429 g/mol. The Morgan fingerprint density at radius 2 is 1.91 bits per heavy atom. The van der Waals surface area contributed by atoms with Gasteiger partial charge in [-0.2, -0.15) is 5.10 Å². The number of hydrogen-bond donors (Lipinski definition) is 1. The molecular weight excluding hydrogens is 400 g/mol. The van der Waals surface area contributed by atoms with E-state index in [2.05, 4.69) is 53.7 Å². The van der Waals surface area contributed by atoms with Crippen LogP contribution in [0.5, 0.6) is 0 Å². The summed E-state index contributed by atoms with van der Waals surface area (Å²) in [4.78, 5) is 28.1. The maximum Gasteiger partial charge on any atom is 0.272 e. The maximum atomic E-state index is 13.2. The zero-order valence-corrected chi connectivity index (χ0v) is 18.4. The molecule has 0 radical (unpaired) electrons. The largest absolute Gasteiger partial charge is 0.344 e. The lowest BCUT2D eigenvalue weighted by Crippen LogP contribution is -2.31. The fourth-order valence-electron chi connectivity index (χ4n) is 4.75. The van der Waals surface area contributed by atoms with Crippen molar-refractivity contribution in [3.05, 3.63) is 88.2 Å². The highest BCUT2D eigenvalue weighted by Gasteiger charge is 2.28. The van der Waals surface area contributed by atoms with Gasteiger partial charge in [-0.05, 0) is 49.3 Å². The van der Waals surface area contributed by atoms with E-state index >= 15 is 0 Å². The van der Waals surface area contributed by atoms with Crippen LogP contribution in [0.4, 0.5) is 0 Å². The van der Waals surface area contributed by atoms with Gasteiger partial charge in [0.05, 0.1) is 6.04 Å². The second-order valence-electron chi connectivity index (χ2n) is 8.82. The maximum absolute atomic E-state index is 13.2. The van der Waals surface area contributed by atoms with Crippen molar-refractivity contribution in [2.75, 3.05) is 6.54 Å². The summed E-state index contributed by atoms with van der Waals surface area (Å²) >= 11 is 0. The quantitative estimate of drug-likeness (QED) is 0.682. The van der Waals surface area contributed by atoms with E-state index in [4.69, 9.17) is 0 Å². The molecule has 32 heavy (non-hydrogen) atoms. The Morgan fingerprint density at radius 1 is 1.09 bits per heavy atom. The van der Waals surface area contributed by atoms with E-state index in [1.54, 1.807) is 10.7 Å². The number of benzene rings is 2. The van der Waals surface area contributed by atoms with Gasteiger partial charge in [-0.25, -0.2) is 0 Å². The topological polar surface area (TPSA) is 67.2 Å². The fraction of sp³-hybridized carbons (Fsp3) is 0.346. The monoisotopic (exact) mass is 428 g/mol. The first-order chi connectivity index (χ1) is 15.6. The van der Waals surface area contributed by atoms with Crippen LogP contribution in [0.2, 0.25) is 0 Å². The predicted molar refractivity (Wildman–Crippen MR) is 122 cm³/mol. The molecule has 0 fully saturated rings. The average Bonchev–Trinajstić information content (AvgIpc) is 3.18. The standard InChI is InChI=1S/C26H28N4O2/c1-18-10-12-19(13-11-18)17-29-14-5-15-30-24(26(29)32)16-23(28-30)25(31)27-22-9-4-7-20-6-2-3-8-21(20)22/h2-3,6,8,10-13,16,22H,4-5,7,9,14-15,17H2,1H3,(H,27,31)/t22-/m0/s1. The third-order valence-corrected chi connectivity index (χ3v) is 6.49.